The van der Waals surface area contributed by atoms with Gasteiger partial charge >= 0.3 is 0 Å². The lowest BCUT2D eigenvalue weighted by Gasteiger charge is -2.32. The van der Waals surface area contributed by atoms with Gasteiger partial charge in [0, 0.05) is 30.3 Å². The zero-order valence-corrected chi connectivity index (χ0v) is 16.5. The van der Waals surface area contributed by atoms with Gasteiger partial charge in [0.1, 0.15) is 0 Å². The van der Waals surface area contributed by atoms with Crippen molar-refractivity contribution < 1.29 is 9.59 Å². The number of nitrogens with one attached hydrogen (secondary N) is 2. The van der Waals surface area contributed by atoms with E-state index in [2.05, 4.69) is 17.6 Å². The molecule has 144 valence electrons. The summed E-state index contributed by atoms with van der Waals surface area (Å²) in [5.74, 6) is 1.57. The highest BCUT2D eigenvalue weighted by molar-refractivity contribution is 5.97. The Hall–Kier alpha value is -1.59. The van der Waals surface area contributed by atoms with E-state index in [1.165, 1.54) is 6.42 Å². The van der Waals surface area contributed by atoms with Gasteiger partial charge in [0.15, 0.2) is 0 Å². The maximum atomic E-state index is 12.6. The molecule has 2 amide bonds. The average molecular weight is 380 g/mol. The fourth-order valence-electron chi connectivity index (χ4n) is 3.57. The van der Waals surface area contributed by atoms with Gasteiger partial charge in [-0.15, -0.1) is 12.4 Å². The molecule has 1 saturated heterocycles. The summed E-state index contributed by atoms with van der Waals surface area (Å²) < 4.78 is 0. The van der Waals surface area contributed by atoms with Crippen LogP contribution < -0.4 is 10.6 Å². The van der Waals surface area contributed by atoms with Crippen molar-refractivity contribution in [3.8, 4) is 0 Å². The second kappa shape index (κ2) is 9.38. The van der Waals surface area contributed by atoms with Gasteiger partial charge in [0.2, 0.25) is 5.91 Å². The zero-order valence-electron chi connectivity index (χ0n) is 15.7. The van der Waals surface area contributed by atoms with Crippen molar-refractivity contribution in [2.24, 2.45) is 17.8 Å². The predicted molar refractivity (Wildman–Crippen MR) is 107 cm³/mol. The first-order valence-electron chi connectivity index (χ1n) is 9.43. The average Bonchev–Trinajstić information content (AvgIpc) is 3.37. The van der Waals surface area contributed by atoms with E-state index in [9.17, 15) is 9.59 Å². The molecule has 1 heterocycles. The smallest absolute Gasteiger partial charge is 0.253 e. The minimum absolute atomic E-state index is 0. The summed E-state index contributed by atoms with van der Waals surface area (Å²) in [5.41, 5.74) is 1.47. The van der Waals surface area contributed by atoms with E-state index in [0.717, 1.165) is 50.5 Å². The molecule has 1 aromatic rings. The molecular formula is C20H30ClN3O2. The summed E-state index contributed by atoms with van der Waals surface area (Å²) in [5, 5.41) is 6.13. The van der Waals surface area contributed by atoms with Crippen LogP contribution >= 0.6 is 12.4 Å². The van der Waals surface area contributed by atoms with Crippen molar-refractivity contribution in [3.63, 3.8) is 0 Å². The lowest BCUT2D eigenvalue weighted by molar-refractivity contribution is -0.117. The molecule has 0 bridgehead atoms. The number of amides is 2. The Bertz CT molecular complexity index is 612. The minimum atomic E-state index is 0. The molecule has 6 heteroatoms. The third-order valence-electron chi connectivity index (χ3n) is 5.55. The van der Waals surface area contributed by atoms with Crippen molar-refractivity contribution in [2.75, 3.05) is 32.0 Å². The van der Waals surface area contributed by atoms with Crippen LogP contribution in [-0.2, 0) is 4.79 Å². The van der Waals surface area contributed by atoms with E-state index < -0.39 is 0 Å². The number of hydrogen-bond donors (Lipinski definition) is 2. The molecule has 1 aromatic carbocycles. The Morgan fingerprint density at radius 3 is 2.31 bits per heavy atom. The molecule has 2 atom stereocenters. The van der Waals surface area contributed by atoms with Crippen molar-refractivity contribution in [2.45, 2.75) is 32.6 Å². The maximum Gasteiger partial charge on any atom is 0.253 e. The number of carbonyl (C=O) groups excluding carboxylic acids is 2. The molecule has 2 fully saturated rings. The highest BCUT2D eigenvalue weighted by atomic mass is 35.5. The second-order valence-corrected chi connectivity index (χ2v) is 7.51. The molecule has 1 saturated carbocycles. The van der Waals surface area contributed by atoms with Gasteiger partial charge in [-0.1, -0.05) is 6.92 Å². The lowest BCUT2D eigenvalue weighted by atomic mass is 9.93. The number of rotatable bonds is 6. The first-order chi connectivity index (χ1) is 12.1. The van der Waals surface area contributed by atoms with E-state index in [0.29, 0.717) is 11.5 Å². The van der Waals surface area contributed by atoms with Crippen molar-refractivity contribution in [1.29, 1.82) is 0 Å². The molecular weight excluding hydrogens is 350 g/mol. The normalized spacial score (nSPS) is 22.5. The fourth-order valence-corrected chi connectivity index (χ4v) is 3.57. The maximum absolute atomic E-state index is 12.6. The topological polar surface area (TPSA) is 61.4 Å². The summed E-state index contributed by atoms with van der Waals surface area (Å²) in [6.45, 7) is 4.82. The third kappa shape index (κ3) is 5.21. The van der Waals surface area contributed by atoms with E-state index in [-0.39, 0.29) is 30.1 Å². The highest BCUT2D eigenvalue weighted by Crippen LogP contribution is 2.38. The van der Waals surface area contributed by atoms with Gasteiger partial charge in [0.25, 0.3) is 5.91 Å². The lowest BCUT2D eigenvalue weighted by Crippen LogP contribution is -2.38. The van der Waals surface area contributed by atoms with Crippen molar-refractivity contribution in [1.82, 2.24) is 10.2 Å². The monoisotopic (exact) mass is 379 g/mol. The van der Waals surface area contributed by atoms with E-state index in [1.54, 1.807) is 0 Å². The van der Waals surface area contributed by atoms with E-state index >= 15 is 0 Å². The Labute approximate surface area is 162 Å². The largest absolute Gasteiger partial charge is 0.339 e. The first kappa shape index (κ1) is 20.7. The second-order valence-electron chi connectivity index (χ2n) is 7.51. The summed E-state index contributed by atoms with van der Waals surface area (Å²) in [6.07, 6.45) is 4.33. The van der Waals surface area contributed by atoms with Crippen molar-refractivity contribution in [3.05, 3.63) is 29.8 Å². The molecule has 26 heavy (non-hydrogen) atoms. The van der Waals surface area contributed by atoms with Crippen LogP contribution in [0.25, 0.3) is 0 Å². The van der Waals surface area contributed by atoms with Crippen LogP contribution in [-0.4, -0.2) is 43.4 Å². The van der Waals surface area contributed by atoms with Crippen LogP contribution in [0.2, 0.25) is 0 Å². The standard InChI is InChI=1S/C20H29N3O2.ClH/c1-14-13-18(14)19(24)22-17-5-3-16(4-6-17)20(25)23-11-8-15(9-12-23)7-10-21-2;/h3-6,14-15,18,21H,7-13H2,1-2H3,(H,22,24);1H. The van der Waals surface area contributed by atoms with Crippen molar-refractivity contribution >= 4 is 29.9 Å². The number of hydrogen-bond acceptors (Lipinski definition) is 3. The minimum Gasteiger partial charge on any atom is -0.339 e. The summed E-state index contributed by atoms with van der Waals surface area (Å²) >= 11 is 0. The van der Waals surface area contributed by atoms with Crippen LogP contribution in [0.1, 0.15) is 43.0 Å². The van der Waals surface area contributed by atoms with Gasteiger partial charge in [0.05, 0.1) is 0 Å². The van der Waals surface area contributed by atoms with E-state index in [4.69, 9.17) is 0 Å². The molecule has 0 aromatic heterocycles. The number of nitrogens with zero attached hydrogens (tertiary/aromatic N) is 1. The first-order valence-corrected chi connectivity index (χ1v) is 9.43. The summed E-state index contributed by atoms with van der Waals surface area (Å²) in [6, 6.07) is 7.30. The zero-order chi connectivity index (χ0) is 17.8. The molecule has 2 aliphatic rings. The Kier molecular flexibility index (Phi) is 7.47. The quantitative estimate of drug-likeness (QED) is 0.798. The number of carbonyl (C=O) groups is 2. The van der Waals surface area contributed by atoms with Crippen LogP contribution in [0.5, 0.6) is 0 Å². The predicted octanol–water partition coefficient (Wildman–Crippen LogP) is 3.16. The molecule has 2 N–H and O–H groups in total. The van der Waals surface area contributed by atoms with Crippen LogP contribution in [0, 0.1) is 17.8 Å². The van der Waals surface area contributed by atoms with Gasteiger partial charge < -0.3 is 15.5 Å². The molecule has 1 aliphatic carbocycles. The fraction of sp³-hybridized carbons (Fsp3) is 0.600. The summed E-state index contributed by atoms with van der Waals surface area (Å²) in [7, 11) is 1.98. The number of benzene rings is 1. The van der Waals surface area contributed by atoms with Gasteiger partial charge in [-0.25, -0.2) is 0 Å². The summed E-state index contributed by atoms with van der Waals surface area (Å²) in [4.78, 5) is 26.6. The number of piperidine rings is 1. The molecule has 2 unspecified atom stereocenters. The van der Waals surface area contributed by atoms with Gasteiger partial charge in [-0.3, -0.25) is 9.59 Å². The Morgan fingerprint density at radius 2 is 1.77 bits per heavy atom. The molecule has 0 spiro atoms. The third-order valence-corrected chi connectivity index (χ3v) is 5.55. The Morgan fingerprint density at radius 1 is 1.15 bits per heavy atom. The number of anilines is 1. The van der Waals surface area contributed by atoms with Crippen LogP contribution in [0.4, 0.5) is 5.69 Å². The van der Waals surface area contributed by atoms with Gasteiger partial charge in [-0.05, 0) is 75.4 Å². The van der Waals surface area contributed by atoms with Crippen LogP contribution in [0.15, 0.2) is 24.3 Å². The Balaban J connectivity index is 0.00000243. The highest BCUT2D eigenvalue weighted by Gasteiger charge is 2.39. The molecule has 3 rings (SSSR count). The molecule has 5 nitrogen and oxygen atoms in total. The number of likely N-dealkylation sites (tertiary alicyclic amines) is 1. The number of halogens is 1. The molecule has 1 aliphatic heterocycles. The van der Waals surface area contributed by atoms with Gasteiger partial charge in [-0.2, -0.15) is 0 Å². The van der Waals surface area contributed by atoms with E-state index in [1.807, 2.05) is 36.2 Å². The molecule has 0 radical (unpaired) electrons. The van der Waals surface area contributed by atoms with Crippen LogP contribution in [0.3, 0.4) is 0 Å². The SMILES string of the molecule is CNCCC1CCN(C(=O)c2ccc(NC(=O)C3CC3C)cc2)CC1.Cl.